The number of piperazine rings is 1. The lowest BCUT2D eigenvalue weighted by atomic mass is 9.96. The summed E-state index contributed by atoms with van der Waals surface area (Å²) in [6.45, 7) is 7.80. The van der Waals surface area contributed by atoms with E-state index in [9.17, 15) is 4.79 Å². The smallest absolute Gasteiger partial charge is 0.407 e. The van der Waals surface area contributed by atoms with Crippen LogP contribution in [-0.2, 0) is 16.8 Å². The van der Waals surface area contributed by atoms with Crippen molar-refractivity contribution in [3.8, 4) is 16.8 Å². The van der Waals surface area contributed by atoms with Gasteiger partial charge in [-0.15, -0.1) is 10.2 Å². The van der Waals surface area contributed by atoms with Crippen molar-refractivity contribution in [3.05, 3.63) is 82.7 Å². The van der Waals surface area contributed by atoms with Crippen LogP contribution in [-0.4, -0.2) is 97.2 Å². The largest absolute Gasteiger partial charge is 0.465 e. The first-order chi connectivity index (χ1) is 21.9. The molecule has 1 N–H and O–H groups in total. The van der Waals surface area contributed by atoms with Gasteiger partial charge in [-0.1, -0.05) is 29.8 Å². The van der Waals surface area contributed by atoms with E-state index in [0.717, 1.165) is 97.2 Å². The van der Waals surface area contributed by atoms with Crippen molar-refractivity contribution < 1.29 is 14.6 Å². The number of rotatable bonds is 10. The standard InChI is InChI=1S/C33H37ClN8O3/c1-23-37-38-31-33(10-11-33)36-30(24-4-7-27(34)8-5-24)28-20-25(6-9-29(28)42(23)31)26-21-35-41(22-26)13-3-19-45-18-2-12-39-14-16-40(17-15-39)32(43)44/h4-9,20-22H,2-3,10-19H2,1H3,(H,43,44). The van der Waals surface area contributed by atoms with Gasteiger partial charge < -0.3 is 14.7 Å². The molecule has 4 heterocycles. The van der Waals surface area contributed by atoms with E-state index in [2.05, 4.69) is 49.2 Å². The average Bonchev–Trinajstić information content (AvgIpc) is 3.52. The van der Waals surface area contributed by atoms with E-state index in [4.69, 9.17) is 26.4 Å². The Morgan fingerprint density at radius 1 is 0.956 bits per heavy atom. The van der Waals surface area contributed by atoms with Crippen molar-refractivity contribution >= 4 is 23.4 Å². The summed E-state index contributed by atoms with van der Waals surface area (Å²) in [6.07, 6.45) is 6.89. The van der Waals surface area contributed by atoms with Crippen molar-refractivity contribution in [2.45, 2.75) is 44.7 Å². The molecule has 1 aliphatic carbocycles. The second-order valence-corrected chi connectivity index (χ2v) is 12.5. The van der Waals surface area contributed by atoms with Gasteiger partial charge in [-0.05, 0) is 62.4 Å². The zero-order valence-electron chi connectivity index (χ0n) is 25.4. The number of ether oxygens (including phenoxy) is 1. The van der Waals surface area contributed by atoms with Crippen LogP contribution in [0.4, 0.5) is 4.79 Å². The number of aryl methyl sites for hydroxylation is 2. The second-order valence-electron chi connectivity index (χ2n) is 12.1. The molecular formula is C33H37ClN8O3. The zero-order chi connectivity index (χ0) is 31.0. The molecule has 0 bridgehead atoms. The third-order valence-corrected chi connectivity index (χ3v) is 9.20. The Hall–Kier alpha value is -4.06. The highest BCUT2D eigenvalue weighted by molar-refractivity contribution is 6.30. The van der Waals surface area contributed by atoms with Crippen LogP contribution in [0.2, 0.25) is 5.02 Å². The third-order valence-electron chi connectivity index (χ3n) is 8.95. The van der Waals surface area contributed by atoms with E-state index in [1.54, 1.807) is 0 Å². The van der Waals surface area contributed by atoms with Crippen LogP contribution >= 0.6 is 11.6 Å². The summed E-state index contributed by atoms with van der Waals surface area (Å²) in [4.78, 5) is 20.2. The van der Waals surface area contributed by atoms with Crippen LogP contribution in [0.5, 0.6) is 0 Å². The monoisotopic (exact) mass is 628 g/mol. The summed E-state index contributed by atoms with van der Waals surface area (Å²) >= 11 is 6.25. The number of nitrogens with zero attached hydrogens (tertiary/aromatic N) is 8. The van der Waals surface area contributed by atoms with E-state index in [1.165, 1.54) is 4.90 Å². The van der Waals surface area contributed by atoms with Gasteiger partial charge in [-0.25, -0.2) is 4.79 Å². The van der Waals surface area contributed by atoms with Gasteiger partial charge in [-0.2, -0.15) is 5.10 Å². The number of aliphatic imine (C=N–C) groups is 1. The summed E-state index contributed by atoms with van der Waals surface area (Å²) in [5.41, 5.74) is 5.80. The Labute approximate surface area is 267 Å². The number of benzene rings is 2. The summed E-state index contributed by atoms with van der Waals surface area (Å²) in [7, 11) is 0. The molecule has 2 aromatic heterocycles. The van der Waals surface area contributed by atoms with Crippen LogP contribution in [0.15, 0.2) is 59.9 Å². The molecule has 0 atom stereocenters. The molecule has 0 unspecified atom stereocenters. The summed E-state index contributed by atoms with van der Waals surface area (Å²) in [6, 6.07) is 14.4. The highest BCUT2D eigenvalue weighted by Crippen LogP contribution is 2.51. The first-order valence-corrected chi connectivity index (χ1v) is 16.0. The number of aromatic nitrogens is 5. The number of carbonyl (C=O) groups is 1. The van der Waals surface area contributed by atoms with Crippen molar-refractivity contribution in [1.29, 1.82) is 0 Å². The van der Waals surface area contributed by atoms with Crippen LogP contribution in [0, 0.1) is 6.92 Å². The molecule has 0 radical (unpaired) electrons. The van der Waals surface area contributed by atoms with Crippen LogP contribution in [0.1, 0.15) is 48.5 Å². The predicted octanol–water partition coefficient (Wildman–Crippen LogP) is 5.03. The molecule has 2 fully saturated rings. The van der Waals surface area contributed by atoms with Gasteiger partial charge >= 0.3 is 6.09 Å². The highest BCUT2D eigenvalue weighted by atomic mass is 35.5. The minimum atomic E-state index is -0.828. The Kier molecular flexibility index (Phi) is 8.15. The molecule has 234 valence electrons. The average molecular weight is 629 g/mol. The second kappa shape index (κ2) is 12.4. The maximum atomic E-state index is 11.1. The fraction of sp³-hybridized carbons (Fsp3) is 0.424. The van der Waals surface area contributed by atoms with Gasteiger partial charge in [0.05, 0.1) is 17.6 Å². The van der Waals surface area contributed by atoms with Crippen LogP contribution in [0.25, 0.3) is 16.8 Å². The van der Waals surface area contributed by atoms with Gasteiger partial charge in [0.1, 0.15) is 11.4 Å². The van der Waals surface area contributed by atoms with Gasteiger partial charge in [0.2, 0.25) is 0 Å². The van der Waals surface area contributed by atoms with Crippen molar-refractivity contribution in [3.63, 3.8) is 0 Å². The molecular weight excluding hydrogens is 592 g/mol. The minimum absolute atomic E-state index is 0.347. The molecule has 1 spiro atoms. The van der Waals surface area contributed by atoms with Gasteiger partial charge in [0, 0.05) is 80.4 Å². The summed E-state index contributed by atoms with van der Waals surface area (Å²) < 4.78 is 10.0. The maximum Gasteiger partial charge on any atom is 0.407 e. The minimum Gasteiger partial charge on any atom is -0.465 e. The molecule has 1 amide bonds. The number of carboxylic acid groups (broad SMARTS) is 1. The fourth-order valence-electron chi connectivity index (χ4n) is 6.28. The summed E-state index contributed by atoms with van der Waals surface area (Å²) in [5.74, 6) is 1.76. The molecule has 1 saturated heterocycles. The number of fused-ring (bicyclic) bond motifs is 4. The normalized spacial score (nSPS) is 17.1. The van der Waals surface area contributed by atoms with E-state index >= 15 is 0 Å². The van der Waals surface area contributed by atoms with E-state index < -0.39 is 6.09 Å². The third kappa shape index (κ3) is 6.12. The first-order valence-electron chi connectivity index (χ1n) is 15.6. The zero-order valence-corrected chi connectivity index (χ0v) is 26.2. The molecule has 12 heteroatoms. The van der Waals surface area contributed by atoms with Crippen molar-refractivity contribution in [2.24, 2.45) is 4.99 Å². The van der Waals surface area contributed by atoms with Gasteiger partial charge in [0.25, 0.3) is 0 Å². The van der Waals surface area contributed by atoms with Gasteiger partial charge in [-0.3, -0.25) is 19.1 Å². The Morgan fingerprint density at radius 2 is 1.69 bits per heavy atom. The highest BCUT2D eigenvalue weighted by Gasteiger charge is 2.51. The molecule has 11 nitrogen and oxygen atoms in total. The molecule has 2 aromatic carbocycles. The number of hydrogen-bond donors (Lipinski definition) is 1. The molecule has 1 saturated carbocycles. The Balaban J connectivity index is 1.00. The van der Waals surface area contributed by atoms with Crippen LogP contribution in [0.3, 0.4) is 0 Å². The van der Waals surface area contributed by atoms with Crippen molar-refractivity contribution in [1.82, 2.24) is 34.3 Å². The lowest BCUT2D eigenvalue weighted by Crippen LogP contribution is -2.48. The number of halogens is 1. The summed E-state index contributed by atoms with van der Waals surface area (Å²) in [5, 5.41) is 23.4. The Bertz CT molecular complexity index is 1720. The molecule has 45 heavy (non-hydrogen) atoms. The fourth-order valence-corrected chi connectivity index (χ4v) is 6.40. The molecule has 3 aliphatic rings. The van der Waals surface area contributed by atoms with E-state index in [0.29, 0.717) is 31.3 Å². The first kappa shape index (κ1) is 29.6. The number of amides is 1. The van der Waals surface area contributed by atoms with Gasteiger partial charge in [0.15, 0.2) is 5.82 Å². The molecule has 4 aromatic rings. The Morgan fingerprint density at radius 3 is 2.42 bits per heavy atom. The number of hydrogen-bond acceptors (Lipinski definition) is 7. The topological polar surface area (TPSA) is 114 Å². The molecule has 7 rings (SSSR count). The maximum absolute atomic E-state index is 11.1. The van der Waals surface area contributed by atoms with Crippen molar-refractivity contribution in [2.75, 3.05) is 45.9 Å². The quantitative estimate of drug-likeness (QED) is 0.245. The lowest BCUT2D eigenvalue weighted by molar-refractivity contribution is 0.0893. The van der Waals surface area contributed by atoms with E-state index in [1.807, 2.05) is 42.1 Å². The van der Waals surface area contributed by atoms with Crippen LogP contribution < -0.4 is 0 Å². The van der Waals surface area contributed by atoms with E-state index in [-0.39, 0.29) is 5.54 Å². The SMILES string of the molecule is Cc1nnc2n1-c1ccc(-c3cnn(CCCOCCCN4CCN(C(=O)O)CC4)c3)cc1C(c1ccc(Cl)cc1)=NC21CC1. The lowest BCUT2D eigenvalue weighted by Gasteiger charge is -2.32. The predicted molar refractivity (Wildman–Crippen MR) is 171 cm³/mol. The molecule has 2 aliphatic heterocycles.